The Labute approximate surface area is 152 Å². The third-order valence-corrected chi connectivity index (χ3v) is 6.55. The first kappa shape index (κ1) is 18.2. The van der Waals surface area contributed by atoms with Gasteiger partial charge in [-0.25, -0.2) is 8.42 Å². The van der Waals surface area contributed by atoms with Gasteiger partial charge in [0.2, 0.25) is 10.0 Å². The van der Waals surface area contributed by atoms with Gasteiger partial charge in [0.05, 0.1) is 23.1 Å². The minimum atomic E-state index is -3.67. The molecule has 1 aromatic heterocycles. The smallest absolute Gasteiger partial charge is 0.243 e. The summed E-state index contributed by atoms with van der Waals surface area (Å²) < 4.78 is 38.0. The fourth-order valence-electron chi connectivity index (χ4n) is 3.12. The summed E-state index contributed by atoms with van der Waals surface area (Å²) in [5.41, 5.74) is 0.670. The molecule has 0 amide bonds. The molecule has 6 nitrogen and oxygen atoms in total. The summed E-state index contributed by atoms with van der Waals surface area (Å²) in [4.78, 5) is 0.155. The van der Waals surface area contributed by atoms with Crippen LogP contribution in [0.4, 0.5) is 0 Å². The van der Waals surface area contributed by atoms with Crippen LogP contribution in [-0.4, -0.2) is 31.5 Å². The predicted molar refractivity (Wildman–Crippen MR) is 94.4 cm³/mol. The van der Waals surface area contributed by atoms with Crippen molar-refractivity contribution in [1.82, 2.24) is 9.46 Å². The Morgan fingerprint density at radius 3 is 2.88 bits per heavy atom. The molecule has 1 aliphatic rings. The van der Waals surface area contributed by atoms with Gasteiger partial charge in [-0.2, -0.15) is 4.31 Å². The second kappa shape index (κ2) is 7.35. The van der Waals surface area contributed by atoms with Gasteiger partial charge in [-0.05, 0) is 37.5 Å². The first-order chi connectivity index (χ1) is 12.0. The molecule has 0 spiro atoms. The summed E-state index contributed by atoms with van der Waals surface area (Å²) in [6.45, 7) is 2.51. The number of ether oxygens (including phenoxy) is 1. The molecule has 2 heterocycles. The summed E-state index contributed by atoms with van der Waals surface area (Å²) in [5.74, 6) is 1.23. The maximum Gasteiger partial charge on any atom is 0.243 e. The van der Waals surface area contributed by atoms with Gasteiger partial charge >= 0.3 is 0 Å². The lowest BCUT2D eigenvalue weighted by atomic mass is 10.1. The number of benzene rings is 1. The van der Waals surface area contributed by atoms with E-state index in [2.05, 4.69) is 12.1 Å². The third-order valence-electron chi connectivity index (χ3n) is 4.35. The number of aromatic nitrogens is 1. The van der Waals surface area contributed by atoms with Crippen LogP contribution in [0.2, 0.25) is 5.02 Å². The molecule has 1 aliphatic heterocycles. The highest BCUT2D eigenvalue weighted by Gasteiger charge is 2.38. The zero-order valence-corrected chi connectivity index (χ0v) is 15.8. The van der Waals surface area contributed by atoms with E-state index in [0.29, 0.717) is 18.0 Å². The second-order valence-corrected chi connectivity index (χ2v) is 8.34. The van der Waals surface area contributed by atoms with Crippen molar-refractivity contribution in [2.75, 3.05) is 13.7 Å². The van der Waals surface area contributed by atoms with Crippen molar-refractivity contribution in [3.05, 3.63) is 40.7 Å². The third kappa shape index (κ3) is 3.54. The maximum absolute atomic E-state index is 13.1. The second-order valence-electron chi connectivity index (χ2n) is 6.04. The van der Waals surface area contributed by atoms with Crippen LogP contribution < -0.4 is 4.74 Å². The topological polar surface area (TPSA) is 72.6 Å². The standard InChI is InChI=1S/C17H21ClN2O4S/c1-3-5-12-10-15(19-24-12)16-6-4-9-20(16)25(21,22)13-7-8-17(23-2)14(18)11-13/h7-8,10-11,16H,3-6,9H2,1-2H3/t16-/m1/s1. The van der Waals surface area contributed by atoms with E-state index in [9.17, 15) is 8.42 Å². The summed E-state index contributed by atoms with van der Waals surface area (Å²) in [7, 11) is -2.18. The zero-order chi connectivity index (χ0) is 18.0. The van der Waals surface area contributed by atoms with E-state index in [-0.39, 0.29) is 16.0 Å². The molecule has 1 atom stereocenters. The highest BCUT2D eigenvalue weighted by Crippen LogP contribution is 2.37. The number of sulfonamides is 1. The molecule has 0 bridgehead atoms. The van der Waals surface area contributed by atoms with Crippen LogP contribution in [0.3, 0.4) is 0 Å². The fraction of sp³-hybridized carbons (Fsp3) is 0.471. The number of methoxy groups -OCH3 is 1. The Bertz CT molecular complexity index is 850. The molecule has 0 unspecified atom stereocenters. The normalized spacial score (nSPS) is 18.6. The molecular weight excluding hydrogens is 364 g/mol. The number of nitrogens with zero attached hydrogens (tertiary/aromatic N) is 2. The van der Waals surface area contributed by atoms with E-state index >= 15 is 0 Å². The molecule has 0 radical (unpaired) electrons. The molecule has 1 fully saturated rings. The molecule has 3 rings (SSSR count). The Morgan fingerprint density at radius 2 is 2.20 bits per heavy atom. The van der Waals surface area contributed by atoms with Gasteiger partial charge in [0.15, 0.2) is 0 Å². The largest absolute Gasteiger partial charge is 0.495 e. The van der Waals surface area contributed by atoms with Crippen LogP contribution in [0, 0.1) is 0 Å². The lowest BCUT2D eigenvalue weighted by Crippen LogP contribution is -2.30. The fourth-order valence-corrected chi connectivity index (χ4v) is 5.13. The van der Waals surface area contributed by atoms with Crippen LogP contribution in [0.25, 0.3) is 0 Å². The van der Waals surface area contributed by atoms with Crippen LogP contribution in [0.5, 0.6) is 5.75 Å². The van der Waals surface area contributed by atoms with E-state index in [4.69, 9.17) is 20.9 Å². The Morgan fingerprint density at radius 1 is 1.40 bits per heavy atom. The lowest BCUT2D eigenvalue weighted by Gasteiger charge is -2.22. The first-order valence-corrected chi connectivity index (χ1v) is 10.1. The van der Waals surface area contributed by atoms with Gasteiger partial charge in [0, 0.05) is 19.0 Å². The van der Waals surface area contributed by atoms with E-state index in [1.54, 1.807) is 6.07 Å². The number of aryl methyl sites for hydroxylation is 1. The lowest BCUT2D eigenvalue weighted by molar-refractivity contribution is 0.343. The van der Waals surface area contributed by atoms with Crippen molar-refractivity contribution in [2.45, 2.75) is 43.5 Å². The molecule has 0 N–H and O–H groups in total. The summed E-state index contributed by atoms with van der Waals surface area (Å²) in [6, 6.07) is 6.07. The van der Waals surface area contributed by atoms with Crippen molar-refractivity contribution in [3.63, 3.8) is 0 Å². The minimum absolute atomic E-state index is 0.155. The molecule has 1 saturated heterocycles. The van der Waals surface area contributed by atoms with Crippen molar-refractivity contribution >= 4 is 21.6 Å². The average Bonchev–Trinajstić information content (AvgIpc) is 3.24. The highest BCUT2D eigenvalue weighted by molar-refractivity contribution is 7.89. The average molecular weight is 385 g/mol. The molecule has 8 heteroatoms. The molecule has 0 aliphatic carbocycles. The molecule has 2 aromatic rings. The van der Waals surface area contributed by atoms with Crippen molar-refractivity contribution < 1.29 is 17.7 Å². The van der Waals surface area contributed by atoms with Gasteiger partial charge in [-0.15, -0.1) is 0 Å². The molecule has 0 saturated carbocycles. The van der Waals surface area contributed by atoms with E-state index in [0.717, 1.165) is 31.4 Å². The maximum atomic E-state index is 13.1. The predicted octanol–water partition coefficient (Wildman–Crippen LogP) is 3.81. The van der Waals surface area contributed by atoms with Gasteiger partial charge < -0.3 is 9.26 Å². The molecule has 25 heavy (non-hydrogen) atoms. The highest BCUT2D eigenvalue weighted by atomic mass is 35.5. The van der Waals surface area contributed by atoms with Gasteiger partial charge in [0.25, 0.3) is 0 Å². The van der Waals surface area contributed by atoms with Crippen LogP contribution >= 0.6 is 11.6 Å². The van der Waals surface area contributed by atoms with Crippen LogP contribution in [-0.2, 0) is 16.4 Å². The van der Waals surface area contributed by atoms with E-state index in [1.165, 1.54) is 23.5 Å². The Balaban J connectivity index is 1.91. The molecule has 136 valence electrons. The Hall–Kier alpha value is -1.57. The van der Waals surface area contributed by atoms with Gasteiger partial charge in [-0.3, -0.25) is 0 Å². The van der Waals surface area contributed by atoms with Gasteiger partial charge in [0.1, 0.15) is 17.2 Å². The quantitative estimate of drug-likeness (QED) is 0.757. The molecular formula is C17H21ClN2O4S. The minimum Gasteiger partial charge on any atom is -0.495 e. The first-order valence-electron chi connectivity index (χ1n) is 8.28. The molecule has 1 aromatic carbocycles. The van der Waals surface area contributed by atoms with Crippen molar-refractivity contribution in [3.8, 4) is 5.75 Å². The van der Waals surface area contributed by atoms with Crippen LogP contribution in [0.1, 0.15) is 43.7 Å². The summed E-state index contributed by atoms with van der Waals surface area (Å²) in [5, 5.41) is 4.36. The number of halogens is 1. The number of hydrogen-bond donors (Lipinski definition) is 0. The van der Waals surface area contributed by atoms with E-state index in [1.807, 2.05) is 6.07 Å². The van der Waals surface area contributed by atoms with Crippen molar-refractivity contribution in [2.24, 2.45) is 0 Å². The number of hydrogen-bond acceptors (Lipinski definition) is 5. The van der Waals surface area contributed by atoms with Crippen molar-refractivity contribution in [1.29, 1.82) is 0 Å². The van der Waals surface area contributed by atoms with Crippen LogP contribution in [0.15, 0.2) is 33.7 Å². The van der Waals surface area contributed by atoms with Gasteiger partial charge in [-0.1, -0.05) is 23.7 Å². The number of rotatable bonds is 6. The monoisotopic (exact) mass is 384 g/mol. The summed E-state index contributed by atoms with van der Waals surface area (Å²) in [6.07, 6.45) is 3.25. The SMILES string of the molecule is CCCc1cc([C@H]2CCCN2S(=O)(=O)c2ccc(OC)c(Cl)c2)no1. The zero-order valence-electron chi connectivity index (χ0n) is 14.2. The van der Waals surface area contributed by atoms with E-state index < -0.39 is 10.0 Å². The Kier molecular flexibility index (Phi) is 5.36. The summed E-state index contributed by atoms with van der Waals surface area (Å²) >= 11 is 6.10.